The first-order valence-corrected chi connectivity index (χ1v) is 8.16. The zero-order valence-electron chi connectivity index (χ0n) is 12.5. The minimum absolute atomic E-state index is 0.278. The van der Waals surface area contributed by atoms with Gasteiger partial charge in [-0.3, -0.25) is 0 Å². The van der Waals surface area contributed by atoms with Gasteiger partial charge in [0.1, 0.15) is 6.61 Å². The van der Waals surface area contributed by atoms with Crippen molar-refractivity contribution in [1.29, 1.82) is 0 Å². The standard InChI is InChI=1S/C16H21FN2OS/c1-3-7-18-9-12-5-6-15(14(17)8-12)20-10-13-11-21-16(4-2)19-13/h5-6,8,11,18H,3-4,7,9-10H2,1-2H3. The second-order valence-electron chi connectivity index (χ2n) is 4.82. The number of hydrogen-bond donors (Lipinski definition) is 1. The van der Waals surface area contributed by atoms with Gasteiger partial charge >= 0.3 is 0 Å². The number of nitrogens with one attached hydrogen (secondary N) is 1. The Morgan fingerprint density at radius 2 is 2.19 bits per heavy atom. The normalized spacial score (nSPS) is 10.8. The van der Waals surface area contributed by atoms with Crippen LogP contribution >= 0.6 is 11.3 Å². The molecule has 0 unspecified atom stereocenters. The fourth-order valence-electron chi connectivity index (χ4n) is 1.91. The summed E-state index contributed by atoms with van der Waals surface area (Å²) < 4.78 is 19.5. The third-order valence-electron chi connectivity index (χ3n) is 3.03. The predicted octanol–water partition coefficient (Wildman–Crippen LogP) is 3.92. The minimum Gasteiger partial charge on any atom is -0.484 e. The molecule has 114 valence electrons. The van der Waals surface area contributed by atoms with Gasteiger partial charge in [0, 0.05) is 11.9 Å². The lowest BCUT2D eigenvalue weighted by molar-refractivity contribution is 0.286. The van der Waals surface area contributed by atoms with Crippen LogP contribution in [0, 0.1) is 5.82 Å². The molecule has 0 aliphatic carbocycles. The summed E-state index contributed by atoms with van der Waals surface area (Å²) in [5, 5.41) is 6.28. The number of aryl methyl sites for hydroxylation is 1. The van der Waals surface area contributed by atoms with Crippen LogP contribution < -0.4 is 10.1 Å². The third-order valence-corrected chi connectivity index (χ3v) is 4.07. The van der Waals surface area contributed by atoms with Crippen molar-refractivity contribution in [3.8, 4) is 5.75 Å². The molecule has 5 heteroatoms. The largest absolute Gasteiger partial charge is 0.484 e. The van der Waals surface area contributed by atoms with Gasteiger partial charge in [-0.15, -0.1) is 11.3 Å². The van der Waals surface area contributed by atoms with Crippen LogP contribution in [-0.4, -0.2) is 11.5 Å². The molecule has 0 spiro atoms. The topological polar surface area (TPSA) is 34.1 Å². The molecule has 1 N–H and O–H groups in total. The number of rotatable bonds is 8. The first-order chi connectivity index (χ1) is 10.2. The number of nitrogens with zero attached hydrogens (tertiary/aromatic N) is 1. The van der Waals surface area contributed by atoms with Crippen molar-refractivity contribution in [3.05, 3.63) is 45.7 Å². The molecule has 1 aromatic carbocycles. The van der Waals surface area contributed by atoms with E-state index in [1.807, 2.05) is 11.4 Å². The molecular weight excluding hydrogens is 287 g/mol. The van der Waals surface area contributed by atoms with Crippen LogP contribution in [0.1, 0.15) is 36.5 Å². The average molecular weight is 308 g/mol. The van der Waals surface area contributed by atoms with Crippen LogP contribution in [-0.2, 0) is 19.6 Å². The Labute approximate surface area is 129 Å². The molecule has 3 nitrogen and oxygen atoms in total. The molecule has 2 rings (SSSR count). The summed E-state index contributed by atoms with van der Waals surface area (Å²) in [4.78, 5) is 4.40. The maximum absolute atomic E-state index is 14.0. The fraction of sp³-hybridized carbons (Fsp3) is 0.438. The lowest BCUT2D eigenvalue weighted by atomic mass is 10.2. The second kappa shape index (κ2) is 8.10. The summed E-state index contributed by atoms with van der Waals surface area (Å²) >= 11 is 1.61. The molecule has 0 aliphatic heterocycles. The van der Waals surface area contributed by atoms with E-state index in [2.05, 4.69) is 24.1 Å². The number of hydrogen-bond acceptors (Lipinski definition) is 4. The monoisotopic (exact) mass is 308 g/mol. The molecular formula is C16H21FN2OS. The van der Waals surface area contributed by atoms with Crippen LogP contribution in [0.2, 0.25) is 0 Å². The second-order valence-corrected chi connectivity index (χ2v) is 5.76. The predicted molar refractivity (Wildman–Crippen MR) is 84.2 cm³/mol. The van der Waals surface area contributed by atoms with Crippen LogP contribution in [0.15, 0.2) is 23.6 Å². The summed E-state index contributed by atoms with van der Waals surface area (Å²) in [5.41, 5.74) is 1.78. The van der Waals surface area contributed by atoms with Crippen molar-refractivity contribution in [3.63, 3.8) is 0 Å². The number of benzene rings is 1. The lowest BCUT2D eigenvalue weighted by Crippen LogP contribution is -2.13. The molecule has 0 amide bonds. The van der Waals surface area contributed by atoms with E-state index in [1.54, 1.807) is 17.4 Å². The van der Waals surface area contributed by atoms with Crippen LogP contribution in [0.4, 0.5) is 4.39 Å². The highest BCUT2D eigenvalue weighted by Gasteiger charge is 2.07. The minimum atomic E-state index is -0.322. The van der Waals surface area contributed by atoms with E-state index >= 15 is 0 Å². The van der Waals surface area contributed by atoms with E-state index in [4.69, 9.17) is 4.74 Å². The summed E-state index contributed by atoms with van der Waals surface area (Å²) in [6.07, 6.45) is 1.98. The van der Waals surface area contributed by atoms with Crippen molar-refractivity contribution < 1.29 is 9.13 Å². The molecule has 21 heavy (non-hydrogen) atoms. The van der Waals surface area contributed by atoms with E-state index in [1.165, 1.54) is 6.07 Å². The Kier molecular flexibility index (Phi) is 6.14. The van der Waals surface area contributed by atoms with Crippen molar-refractivity contribution in [1.82, 2.24) is 10.3 Å². The van der Waals surface area contributed by atoms with Gasteiger partial charge in [-0.05, 0) is 37.1 Å². The van der Waals surface area contributed by atoms with Crippen LogP contribution in [0.3, 0.4) is 0 Å². The molecule has 0 saturated heterocycles. The van der Waals surface area contributed by atoms with E-state index in [9.17, 15) is 4.39 Å². The van der Waals surface area contributed by atoms with E-state index < -0.39 is 0 Å². The van der Waals surface area contributed by atoms with Gasteiger partial charge in [0.25, 0.3) is 0 Å². The Bertz CT molecular complexity index is 571. The van der Waals surface area contributed by atoms with Gasteiger partial charge in [-0.1, -0.05) is 19.9 Å². The van der Waals surface area contributed by atoms with E-state index in [-0.39, 0.29) is 11.6 Å². The van der Waals surface area contributed by atoms with Gasteiger partial charge < -0.3 is 10.1 Å². The summed E-state index contributed by atoms with van der Waals surface area (Å²) in [7, 11) is 0. The Morgan fingerprint density at radius 3 is 2.86 bits per heavy atom. The van der Waals surface area contributed by atoms with Crippen molar-refractivity contribution in [2.24, 2.45) is 0 Å². The number of thiazole rings is 1. The highest BCUT2D eigenvalue weighted by atomic mass is 32.1. The van der Waals surface area contributed by atoms with Crippen LogP contribution in [0.5, 0.6) is 5.75 Å². The Hall–Kier alpha value is -1.46. The first kappa shape index (κ1) is 15.9. The summed E-state index contributed by atoms with van der Waals surface area (Å²) in [5.74, 6) is -0.0444. The first-order valence-electron chi connectivity index (χ1n) is 7.28. The number of halogens is 1. The molecule has 1 aromatic heterocycles. The van der Waals surface area contributed by atoms with Gasteiger partial charge in [0.05, 0.1) is 10.7 Å². The average Bonchev–Trinajstić information content (AvgIpc) is 2.95. The molecule has 0 bridgehead atoms. The highest BCUT2D eigenvalue weighted by Crippen LogP contribution is 2.20. The van der Waals surface area contributed by atoms with Gasteiger partial charge in [0.15, 0.2) is 11.6 Å². The molecule has 0 aliphatic rings. The van der Waals surface area contributed by atoms with Gasteiger partial charge in [-0.25, -0.2) is 9.37 Å². The molecule has 0 fully saturated rings. The smallest absolute Gasteiger partial charge is 0.165 e. The fourth-order valence-corrected chi connectivity index (χ4v) is 2.64. The van der Waals surface area contributed by atoms with Crippen LogP contribution in [0.25, 0.3) is 0 Å². The molecule has 0 saturated carbocycles. The zero-order valence-corrected chi connectivity index (χ0v) is 13.3. The van der Waals surface area contributed by atoms with Crippen molar-refractivity contribution in [2.75, 3.05) is 6.54 Å². The van der Waals surface area contributed by atoms with Gasteiger partial charge in [0.2, 0.25) is 0 Å². The maximum atomic E-state index is 14.0. The molecule has 1 heterocycles. The van der Waals surface area contributed by atoms with E-state index in [0.29, 0.717) is 13.2 Å². The highest BCUT2D eigenvalue weighted by molar-refractivity contribution is 7.09. The summed E-state index contributed by atoms with van der Waals surface area (Å²) in [6, 6.07) is 5.10. The quantitative estimate of drug-likeness (QED) is 0.750. The Morgan fingerprint density at radius 1 is 1.33 bits per heavy atom. The zero-order chi connectivity index (χ0) is 15.1. The molecule has 2 aromatic rings. The lowest BCUT2D eigenvalue weighted by Gasteiger charge is -2.08. The number of aromatic nitrogens is 1. The molecule has 0 radical (unpaired) electrons. The van der Waals surface area contributed by atoms with Crippen molar-refractivity contribution in [2.45, 2.75) is 39.8 Å². The third kappa shape index (κ3) is 4.79. The van der Waals surface area contributed by atoms with Crippen molar-refractivity contribution >= 4 is 11.3 Å². The Balaban J connectivity index is 1.91. The SMILES string of the molecule is CCCNCc1ccc(OCc2csc(CC)n2)c(F)c1. The van der Waals surface area contributed by atoms with Gasteiger partial charge in [-0.2, -0.15) is 0 Å². The number of ether oxygens (including phenoxy) is 1. The molecule has 0 atom stereocenters. The van der Waals surface area contributed by atoms with E-state index in [0.717, 1.165) is 35.7 Å². The summed E-state index contributed by atoms with van der Waals surface area (Å²) in [6.45, 7) is 6.09. The maximum Gasteiger partial charge on any atom is 0.165 e.